The third-order valence-corrected chi connectivity index (χ3v) is 3.03. The van der Waals surface area contributed by atoms with Gasteiger partial charge >= 0.3 is 0 Å². The van der Waals surface area contributed by atoms with E-state index in [1.54, 1.807) is 12.1 Å². The van der Waals surface area contributed by atoms with Crippen molar-refractivity contribution in [1.29, 1.82) is 0 Å². The Bertz CT molecular complexity index is 366. The van der Waals surface area contributed by atoms with E-state index in [0.717, 1.165) is 12.8 Å². The average Bonchev–Trinajstić information content (AvgIpc) is 2.28. The molecule has 0 aliphatic rings. The summed E-state index contributed by atoms with van der Waals surface area (Å²) in [6.07, 6.45) is -0.488. The molecule has 17 heavy (non-hydrogen) atoms. The second-order valence-electron chi connectivity index (χ2n) is 4.37. The number of rotatable bonds is 5. The van der Waals surface area contributed by atoms with Crippen molar-refractivity contribution < 1.29 is 8.78 Å². The number of nitrogens with zero attached hydrogens (tertiary/aromatic N) is 1. The molecule has 0 heterocycles. The molecule has 1 unspecified atom stereocenters. The van der Waals surface area contributed by atoms with Gasteiger partial charge in [0.15, 0.2) is 0 Å². The molecule has 1 aromatic rings. The molecule has 4 heteroatoms. The quantitative estimate of drug-likeness (QED) is 0.795. The van der Waals surface area contributed by atoms with E-state index in [0.29, 0.717) is 11.4 Å². The summed E-state index contributed by atoms with van der Waals surface area (Å²) in [6, 6.07) is 4.93. The molecule has 0 fully saturated rings. The van der Waals surface area contributed by atoms with Crippen molar-refractivity contribution in [3.05, 3.63) is 23.8 Å². The van der Waals surface area contributed by atoms with Gasteiger partial charge in [-0.25, -0.2) is 8.78 Å². The predicted molar refractivity (Wildman–Crippen MR) is 68.6 cm³/mol. The second kappa shape index (κ2) is 5.84. The lowest BCUT2D eigenvalue weighted by Crippen LogP contribution is -2.29. The van der Waals surface area contributed by atoms with Gasteiger partial charge in [-0.15, -0.1) is 0 Å². The Morgan fingerprint density at radius 3 is 2.53 bits per heavy atom. The van der Waals surface area contributed by atoms with Crippen LogP contribution in [0.1, 0.15) is 38.7 Å². The van der Waals surface area contributed by atoms with Crippen molar-refractivity contribution in [2.24, 2.45) is 0 Å². The van der Waals surface area contributed by atoms with Crippen LogP contribution in [0.15, 0.2) is 18.2 Å². The summed E-state index contributed by atoms with van der Waals surface area (Å²) in [5, 5.41) is 0. The molecule has 2 N–H and O–H groups in total. The van der Waals surface area contributed by atoms with Gasteiger partial charge in [-0.2, -0.15) is 0 Å². The van der Waals surface area contributed by atoms with Crippen LogP contribution in [0.25, 0.3) is 0 Å². The summed E-state index contributed by atoms with van der Waals surface area (Å²) >= 11 is 0. The first-order valence-corrected chi connectivity index (χ1v) is 5.87. The standard InChI is InChI=1S/C13H20F2N2/c1-4-5-9(2)17(3)12-7-6-10(16)8-11(12)13(14)15/h6-9,13H,4-5,16H2,1-3H3. The second-order valence-corrected chi connectivity index (χ2v) is 4.37. The van der Waals surface area contributed by atoms with Crippen molar-refractivity contribution in [2.75, 3.05) is 17.7 Å². The van der Waals surface area contributed by atoms with Crippen LogP contribution in [0.3, 0.4) is 0 Å². The zero-order valence-corrected chi connectivity index (χ0v) is 10.6. The molecule has 2 nitrogen and oxygen atoms in total. The van der Waals surface area contributed by atoms with Gasteiger partial charge in [-0.1, -0.05) is 13.3 Å². The lowest BCUT2D eigenvalue weighted by atomic mass is 10.1. The van der Waals surface area contributed by atoms with E-state index in [1.165, 1.54) is 6.07 Å². The van der Waals surface area contributed by atoms with Crippen LogP contribution in [0, 0.1) is 0 Å². The van der Waals surface area contributed by atoms with Gasteiger partial charge in [0.25, 0.3) is 6.43 Å². The summed E-state index contributed by atoms with van der Waals surface area (Å²) in [5.74, 6) is 0. The molecule has 1 rings (SSSR count). The number of anilines is 2. The van der Waals surface area contributed by atoms with Gasteiger partial charge in [0.05, 0.1) is 0 Å². The Morgan fingerprint density at radius 1 is 1.35 bits per heavy atom. The van der Waals surface area contributed by atoms with Crippen LogP contribution in [0.4, 0.5) is 20.2 Å². The Balaban J connectivity index is 3.03. The van der Waals surface area contributed by atoms with Crippen molar-refractivity contribution in [2.45, 2.75) is 39.2 Å². The van der Waals surface area contributed by atoms with Crippen LogP contribution in [0.2, 0.25) is 0 Å². The van der Waals surface area contributed by atoms with Crippen LogP contribution < -0.4 is 10.6 Å². The maximum atomic E-state index is 12.9. The molecule has 0 saturated heterocycles. The molecule has 0 amide bonds. The fraction of sp³-hybridized carbons (Fsp3) is 0.538. The van der Waals surface area contributed by atoms with E-state index in [9.17, 15) is 8.78 Å². The minimum atomic E-state index is -2.50. The Kier molecular flexibility index (Phi) is 4.73. The minimum absolute atomic E-state index is 0.00968. The van der Waals surface area contributed by atoms with E-state index >= 15 is 0 Å². The van der Waals surface area contributed by atoms with E-state index in [4.69, 9.17) is 5.73 Å². The number of alkyl halides is 2. The van der Waals surface area contributed by atoms with E-state index in [2.05, 4.69) is 6.92 Å². The van der Waals surface area contributed by atoms with E-state index in [-0.39, 0.29) is 11.6 Å². The van der Waals surface area contributed by atoms with Gasteiger partial charge in [0.2, 0.25) is 0 Å². The normalized spacial score (nSPS) is 12.8. The third kappa shape index (κ3) is 3.32. The molecule has 0 aliphatic heterocycles. The average molecular weight is 242 g/mol. The molecule has 0 aromatic heterocycles. The van der Waals surface area contributed by atoms with Gasteiger partial charge in [0.1, 0.15) is 0 Å². The van der Waals surface area contributed by atoms with E-state index < -0.39 is 6.43 Å². The Hall–Kier alpha value is -1.32. The van der Waals surface area contributed by atoms with Gasteiger partial charge in [0, 0.05) is 30.0 Å². The summed E-state index contributed by atoms with van der Waals surface area (Å²) in [7, 11) is 1.84. The highest BCUT2D eigenvalue weighted by Crippen LogP contribution is 2.32. The molecule has 0 spiro atoms. The molecule has 1 aromatic carbocycles. The topological polar surface area (TPSA) is 29.3 Å². The predicted octanol–water partition coefficient (Wildman–Crippen LogP) is 3.83. The summed E-state index contributed by atoms with van der Waals surface area (Å²) in [6.45, 7) is 4.12. The molecule has 0 saturated carbocycles. The zero-order valence-electron chi connectivity index (χ0n) is 10.6. The zero-order chi connectivity index (χ0) is 13.0. The fourth-order valence-electron chi connectivity index (χ4n) is 1.92. The maximum absolute atomic E-state index is 12.9. The molecule has 0 radical (unpaired) electrons. The Morgan fingerprint density at radius 2 is 2.00 bits per heavy atom. The SMILES string of the molecule is CCCC(C)N(C)c1ccc(N)cc1C(F)F. The maximum Gasteiger partial charge on any atom is 0.265 e. The van der Waals surface area contributed by atoms with Crippen LogP contribution in [-0.2, 0) is 0 Å². The van der Waals surface area contributed by atoms with Crippen LogP contribution in [0.5, 0.6) is 0 Å². The smallest absolute Gasteiger partial charge is 0.265 e. The number of nitrogens with two attached hydrogens (primary N) is 1. The third-order valence-electron chi connectivity index (χ3n) is 3.03. The van der Waals surface area contributed by atoms with Crippen molar-refractivity contribution in [3.8, 4) is 0 Å². The highest BCUT2D eigenvalue weighted by atomic mass is 19.3. The highest BCUT2D eigenvalue weighted by molar-refractivity contribution is 5.60. The molecule has 1 atom stereocenters. The molecular weight excluding hydrogens is 222 g/mol. The summed E-state index contributed by atoms with van der Waals surface area (Å²) in [4.78, 5) is 1.89. The van der Waals surface area contributed by atoms with Crippen molar-refractivity contribution in [1.82, 2.24) is 0 Å². The van der Waals surface area contributed by atoms with Crippen molar-refractivity contribution in [3.63, 3.8) is 0 Å². The molecular formula is C13H20F2N2. The summed E-state index contributed by atoms with van der Waals surface area (Å²) < 4.78 is 25.9. The number of benzene rings is 1. The van der Waals surface area contributed by atoms with Gasteiger partial charge in [-0.05, 0) is 31.5 Å². The fourth-order valence-corrected chi connectivity index (χ4v) is 1.92. The first-order chi connectivity index (χ1) is 7.97. The number of halogens is 2. The number of hydrogen-bond acceptors (Lipinski definition) is 2. The lowest BCUT2D eigenvalue weighted by Gasteiger charge is -2.29. The molecule has 0 aliphatic carbocycles. The van der Waals surface area contributed by atoms with Gasteiger partial charge in [-0.3, -0.25) is 0 Å². The monoisotopic (exact) mass is 242 g/mol. The number of hydrogen-bond donors (Lipinski definition) is 1. The first-order valence-electron chi connectivity index (χ1n) is 5.87. The first kappa shape index (κ1) is 13.7. The molecule has 96 valence electrons. The van der Waals surface area contributed by atoms with Crippen LogP contribution in [-0.4, -0.2) is 13.1 Å². The molecule has 0 bridgehead atoms. The largest absolute Gasteiger partial charge is 0.399 e. The van der Waals surface area contributed by atoms with Gasteiger partial charge < -0.3 is 10.6 Å². The Labute approximate surface area is 101 Å². The highest BCUT2D eigenvalue weighted by Gasteiger charge is 2.18. The number of nitrogen functional groups attached to an aromatic ring is 1. The summed E-state index contributed by atoms with van der Waals surface area (Å²) in [5.41, 5.74) is 6.50. The van der Waals surface area contributed by atoms with Crippen LogP contribution >= 0.6 is 0 Å². The van der Waals surface area contributed by atoms with E-state index in [1.807, 2.05) is 18.9 Å². The minimum Gasteiger partial charge on any atom is -0.399 e. The lowest BCUT2D eigenvalue weighted by molar-refractivity contribution is 0.152. The van der Waals surface area contributed by atoms with Crippen molar-refractivity contribution >= 4 is 11.4 Å².